The van der Waals surface area contributed by atoms with E-state index in [0.717, 1.165) is 24.3 Å². The molecule has 1 aromatic rings. The molecule has 0 bridgehead atoms. The van der Waals surface area contributed by atoms with Crippen LogP contribution in [0.2, 0.25) is 0 Å². The van der Waals surface area contributed by atoms with Gasteiger partial charge in [0.25, 0.3) is 5.91 Å². The molecule has 118 valence electrons. The van der Waals surface area contributed by atoms with E-state index in [1.807, 2.05) is 0 Å². The fraction of sp³-hybridized carbons (Fsp3) is 0.583. The van der Waals surface area contributed by atoms with E-state index in [2.05, 4.69) is 20.9 Å². The molecular formula is C12H15N5O3S2. The predicted molar refractivity (Wildman–Crippen MR) is 80.0 cm³/mol. The van der Waals surface area contributed by atoms with Crippen molar-refractivity contribution in [2.75, 3.05) is 5.75 Å². The summed E-state index contributed by atoms with van der Waals surface area (Å²) in [6.45, 7) is 0. The number of nitrogens with zero attached hydrogens (tertiary/aromatic N) is 3. The minimum atomic E-state index is -0.824. The highest BCUT2D eigenvalue weighted by Gasteiger charge is 2.52. The number of imide groups is 1. The Morgan fingerprint density at radius 3 is 2.86 bits per heavy atom. The summed E-state index contributed by atoms with van der Waals surface area (Å²) in [5.41, 5.74) is 3.13. The van der Waals surface area contributed by atoms with Gasteiger partial charge in [0.05, 0.1) is 5.75 Å². The lowest BCUT2D eigenvalue weighted by Gasteiger charge is -2.30. The first-order valence-electron chi connectivity index (χ1n) is 6.96. The minimum Gasteiger partial charge on any atom is -0.322 e. The van der Waals surface area contributed by atoms with E-state index in [0.29, 0.717) is 17.2 Å². The van der Waals surface area contributed by atoms with Gasteiger partial charge in [0.1, 0.15) is 11.0 Å². The smallest absolute Gasteiger partial charge is 0.322 e. The van der Waals surface area contributed by atoms with Crippen molar-refractivity contribution < 1.29 is 14.4 Å². The molecule has 8 nitrogen and oxygen atoms in total. The lowest BCUT2D eigenvalue weighted by molar-refractivity contribution is -0.139. The molecule has 2 N–H and O–H groups in total. The van der Waals surface area contributed by atoms with Crippen molar-refractivity contribution in [3.63, 3.8) is 0 Å². The minimum absolute atomic E-state index is 0.0687. The van der Waals surface area contributed by atoms with E-state index in [4.69, 9.17) is 0 Å². The maximum absolute atomic E-state index is 12.5. The molecule has 1 saturated heterocycles. The van der Waals surface area contributed by atoms with E-state index < -0.39 is 17.5 Å². The quantitative estimate of drug-likeness (QED) is 0.623. The molecule has 1 aliphatic heterocycles. The Morgan fingerprint density at radius 2 is 2.18 bits per heavy atom. The lowest BCUT2D eigenvalue weighted by Crippen LogP contribution is -2.51. The van der Waals surface area contributed by atoms with Crippen LogP contribution in [0.5, 0.6) is 0 Å². The van der Waals surface area contributed by atoms with Crippen LogP contribution < -0.4 is 10.7 Å². The molecule has 0 unspecified atom stereocenters. The Balaban J connectivity index is 1.58. The standard InChI is InChI=1S/C12H15N5O3S2/c18-8(6-21-11-15-13-7-22-11)16-17-9(19)12(14-10(17)20)4-2-1-3-5-12/h7H,1-6H2,(H,14,20)(H,16,18). The molecule has 2 heterocycles. The van der Waals surface area contributed by atoms with Crippen LogP contribution in [0.25, 0.3) is 0 Å². The average Bonchev–Trinajstić information content (AvgIpc) is 3.10. The molecular weight excluding hydrogens is 326 g/mol. The number of thioether (sulfide) groups is 1. The van der Waals surface area contributed by atoms with Crippen molar-refractivity contribution in [3.8, 4) is 0 Å². The Bertz CT molecular complexity index is 586. The number of amides is 4. The fourth-order valence-corrected chi connectivity index (χ4v) is 4.01. The Morgan fingerprint density at radius 1 is 1.41 bits per heavy atom. The molecule has 2 aliphatic rings. The predicted octanol–water partition coefficient (Wildman–Crippen LogP) is 0.916. The van der Waals surface area contributed by atoms with Crippen LogP contribution in [0, 0.1) is 0 Å². The average molecular weight is 341 g/mol. The summed E-state index contributed by atoms with van der Waals surface area (Å²) in [5, 5.41) is 11.0. The summed E-state index contributed by atoms with van der Waals surface area (Å²) in [6.07, 6.45) is 4.13. The molecule has 22 heavy (non-hydrogen) atoms. The second-order valence-corrected chi connectivity index (χ2v) is 7.30. The van der Waals surface area contributed by atoms with E-state index in [1.165, 1.54) is 23.1 Å². The normalized spacial score (nSPS) is 20.3. The first kappa shape index (κ1) is 15.2. The van der Waals surface area contributed by atoms with Crippen molar-refractivity contribution in [1.29, 1.82) is 0 Å². The monoisotopic (exact) mass is 341 g/mol. The highest BCUT2D eigenvalue weighted by atomic mass is 32.2. The molecule has 3 rings (SSSR count). The fourth-order valence-electron chi connectivity index (χ4n) is 2.73. The van der Waals surface area contributed by atoms with E-state index in [9.17, 15) is 14.4 Å². The van der Waals surface area contributed by atoms with Crippen LogP contribution in [0.15, 0.2) is 9.85 Å². The molecule has 10 heteroatoms. The van der Waals surface area contributed by atoms with Gasteiger partial charge in [-0.25, -0.2) is 4.79 Å². The van der Waals surface area contributed by atoms with Gasteiger partial charge in [-0.1, -0.05) is 42.4 Å². The number of urea groups is 1. The highest BCUT2D eigenvalue weighted by Crippen LogP contribution is 2.33. The van der Waals surface area contributed by atoms with Crippen molar-refractivity contribution in [1.82, 2.24) is 25.9 Å². The second kappa shape index (κ2) is 6.21. The SMILES string of the molecule is O=C(CSc1nncs1)NN1C(=O)NC2(CCCCC2)C1=O. The van der Waals surface area contributed by atoms with E-state index >= 15 is 0 Å². The number of hydrogen-bond donors (Lipinski definition) is 2. The van der Waals surface area contributed by atoms with E-state index in [1.54, 1.807) is 5.51 Å². The first-order valence-corrected chi connectivity index (χ1v) is 8.82. The summed E-state index contributed by atoms with van der Waals surface area (Å²) in [4.78, 5) is 36.3. The third kappa shape index (κ3) is 2.93. The zero-order valence-electron chi connectivity index (χ0n) is 11.7. The molecule has 1 aliphatic carbocycles. The van der Waals surface area contributed by atoms with Gasteiger partial charge in [0.2, 0.25) is 5.91 Å². The Kier molecular flexibility index (Phi) is 4.30. The zero-order chi connectivity index (χ0) is 15.6. The molecule has 2 fully saturated rings. The zero-order valence-corrected chi connectivity index (χ0v) is 13.3. The van der Waals surface area contributed by atoms with Gasteiger partial charge in [-0.3, -0.25) is 15.0 Å². The Hall–Kier alpha value is -1.68. The molecule has 4 amide bonds. The van der Waals surface area contributed by atoms with Crippen LogP contribution in [-0.2, 0) is 9.59 Å². The van der Waals surface area contributed by atoms with E-state index in [-0.39, 0.29) is 11.7 Å². The summed E-state index contributed by atoms with van der Waals surface area (Å²) in [7, 11) is 0. The highest BCUT2D eigenvalue weighted by molar-refractivity contribution is 8.01. The van der Waals surface area contributed by atoms with Crippen LogP contribution in [0.1, 0.15) is 32.1 Å². The van der Waals surface area contributed by atoms with Crippen LogP contribution in [0.3, 0.4) is 0 Å². The summed E-state index contributed by atoms with van der Waals surface area (Å²) in [5.74, 6) is -0.706. The first-order chi connectivity index (χ1) is 10.6. The summed E-state index contributed by atoms with van der Waals surface area (Å²) in [6, 6.07) is -0.554. The molecule has 0 radical (unpaired) electrons. The van der Waals surface area contributed by atoms with Gasteiger partial charge in [-0.2, -0.15) is 5.01 Å². The number of rotatable bonds is 4. The second-order valence-electron chi connectivity index (χ2n) is 5.24. The van der Waals surface area contributed by atoms with Gasteiger partial charge in [-0.05, 0) is 12.8 Å². The maximum Gasteiger partial charge on any atom is 0.344 e. The number of hydrogen-bond acceptors (Lipinski definition) is 7. The number of nitrogens with one attached hydrogen (secondary N) is 2. The van der Waals surface area contributed by atoms with Crippen molar-refractivity contribution >= 4 is 40.9 Å². The summed E-state index contributed by atoms with van der Waals surface area (Å²) >= 11 is 2.54. The van der Waals surface area contributed by atoms with Gasteiger partial charge in [0.15, 0.2) is 4.34 Å². The topological polar surface area (TPSA) is 104 Å². The molecule has 1 aromatic heterocycles. The number of hydrazine groups is 1. The lowest BCUT2D eigenvalue weighted by atomic mass is 9.82. The van der Waals surface area contributed by atoms with Crippen LogP contribution >= 0.6 is 23.1 Å². The van der Waals surface area contributed by atoms with Gasteiger partial charge in [-0.15, -0.1) is 10.2 Å². The number of aromatic nitrogens is 2. The van der Waals surface area contributed by atoms with Crippen molar-refractivity contribution in [2.45, 2.75) is 42.0 Å². The maximum atomic E-state index is 12.5. The number of carbonyl (C=O) groups is 3. The third-order valence-electron chi connectivity index (χ3n) is 3.77. The van der Waals surface area contributed by atoms with Crippen molar-refractivity contribution in [2.24, 2.45) is 0 Å². The van der Waals surface area contributed by atoms with Crippen LogP contribution in [-0.4, -0.2) is 44.3 Å². The van der Waals surface area contributed by atoms with Crippen LogP contribution in [0.4, 0.5) is 4.79 Å². The molecule has 1 spiro atoms. The number of carbonyl (C=O) groups excluding carboxylic acids is 3. The van der Waals surface area contributed by atoms with Gasteiger partial charge >= 0.3 is 6.03 Å². The third-order valence-corrected chi connectivity index (χ3v) is 5.63. The largest absolute Gasteiger partial charge is 0.344 e. The molecule has 0 atom stereocenters. The summed E-state index contributed by atoms with van der Waals surface area (Å²) < 4.78 is 0.663. The van der Waals surface area contributed by atoms with Gasteiger partial charge in [0, 0.05) is 0 Å². The Labute approximate surface area is 135 Å². The van der Waals surface area contributed by atoms with Crippen molar-refractivity contribution in [3.05, 3.63) is 5.51 Å². The van der Waals surface area contributed by atoms with Gasteiger partial charge < -0.3 is 5.32 Å². The molecule has 0 aromatic carbocycles. The molecule has 1 saturated carbocycles.